The SMILES string of the molecule is CCCC(C)(NS(=O)(=O)c1ccc(C(C)=O)cc1)C(=O)O. The van der Waals surface area contributed by atoms with E-state index in [9.17, 15) is 23.1 Å². The Labute approximate surface area is 124 Å². The Morgan fingerprint density at radius 3 is 2.14 bits per heavy atom. The second-order valence-corrected chi connectivity index (χ2v) is 6.76. The van der Waals surface area contributed by atoms with Gasteiger partial charge in [-0.15, -0.1) is 0 Å². The van der Waals surface area contributed by atoms with E-state index in [0.29, 0.717) is 12.0 Å². The Hall–Kier alpha value is -1.73. The van der Waals surface area contributed by atoms with Crippen LogP contribution in [0.5, 0.6) is 0 Å². The highest BCUT2D eigenvalue weighted by Crippen LogP contribution is 2.18. The third kappa shape index (κ3) is 4.12. The van der Waals surface area contributed by atoms with Crippen molar-refractivity contribution in [3.8, 4) is 0 Å². The molecule has 1 aromatic carbocycles. The van der Waals surface area contributed by atoms with Crippen molar-refractivity contribution in [2.24, 2.45) is 0 Å². The van der Waals surface area contributed by atoms with E-state index in [2.05, 4.69) is 4.72 Å². The molecule has 116 valence electrons. The first-order valence-corrected chi connectivity index (χ1v) is 7.99. The van der Waals surface area contributed by atoms with Gasteiger partial charge in [-0.25, -0.2) is 8.42 Å². The summed E-state index contributed by atoms with van der Waals surface area (Å²) in [7, 11) is -3.97. The van der Waals surface area contributed by atoms with Crippen LogP contribution in [-0.4, -0.2) is 30.8 Å². The molecule has 21 heavy (non-hydrogen) atoms. The predicted molar refractivity (Wildman–Crippen MR) is 77.7 cm³/mol. The number of Topliss-reactive ketones (excluding diaryl/α,β-unsaturated/α-hetero) is 1. The maximum atomic E-state index is 12.2. The number of carboxylic acids is 1. The standard InChI is InChI=1S/C14H19NO5S/c1-4-9-14(3,13(17)18)15-21(19,20)12-7-5-11(6-8-12)10(2)16/h5-8,15H,4,9H2,1-3H3,(H,17,18). The van der Waals surface area contributed by atoms with Crippen molar-refractivity contribution < 1.29 is 23.1 Å². The largest absolute Gasteiger partial charge is 0.480 e. The minimum atomic E-state index is -3.97. The van der Waals surface area contributed by atoms with E-state index in [1.165, 1.54) is 38.1 Å². The lowest BCUT2D eigenvalue weighted by molar-refractivity contribution is -0.143. The third-order valence-corrected chi connectivity index (χ3v) is 4.76. The normalized spacial score (nSPS) is 14.4. The monoisotopic (exact) mass is 313 g/mol. The van der Waals surface area contributed by atoms with E-state index < -0.39 is 21.5 Å². The molecule has 0 aromatic heterocycles. The van der Waals surface area contributed by atoms with Gasteiger partial charge in [0.15, 0.2) is 5.78 Å². The Bertz CT molecular complexity index is 636. The van der Waals surface area contributed by atoms with Gasteiger partial charge in [0.1, 0.15) is 5.54 Å². The molecular formula is C14H19NO5S. The van der Waals surface area contributed by atoms with Crippen molar-refractivity contribution >= 4 is 21.8 Å². The zero-order chi connectivity index (χ0) is 16.3. The molecule has 1 unspecified atom stereocenters. The summed E-state index contributed by atoms with van der Waals surface area (Å²) in [5.74, 6) is -1.40. The molecule has 0 aliphatic rings. The number of benzene rings is 1. The number of rotatable bonds is 7. The van der Waals surface area contributed by atoms with Gasteiger partial charge < -0.3 is 5.11 Å². The van der Waals surface area contributed by atoms with Crippen molar-refractivity contribution in [2.45, 2.75) is 44.0 Å². The van der Waals surface area contributed by atoms with Crippen LogP contribution in [-0.2, 0) is 14.8 Å². The van der Waals surface area contributed by atoms with Crippen LogP contribution in [0.15, 0.2) is 29.2 Å². The molecule has 1 aromatic rings. The van der Waals surface area contributed by atoms with E-state index >= 15 is 0 Å². The van der Waals surface area contributed by atoms with Gasteiger partial charge in [0, 0.05) is 5.56 Å². The van der Waals surface area contributed by atoms with E-state index in [0.717, 1.165) is 0 Å². The van der Waals surface area contributed by atoms with Crippen molar-refractivity contribution in [3.63, 3.8) is 0 Å². The van der Waals surface area contributed by atoms with Gasteiger partial charge in [0.25, 0.3) is 0 Å². The lowest BCUT2D eigenvalue weighted by Crippen LogP contribution is -2.51. The number of ketones is 1. The molecule has 6 nitrogen and oxygen atoms in total. The van der Waals surface area contributed by atoms with Crippen molar-refractivity contribution in [1.82, 2.24) is 4.72 Å². The van der Waals surface area contributed by atoms with Gasteiger partial charge in [-0.05, 0) is 32.4 Å². The topological polar surface area (TPSA) is 101 Å². The fourth-order valence-electron chi connectivity index (χ4n) is 1.93. The summed E-state index contributed by atoms with van der Waals surface area (Å²) in [4.78, 5) is 22.4. The summed E-state index contributed by atoms with van der Waals surface area (Å²) < 4.78 is 26.7. The van der Waals surface area contributed by atoms with Gasteiger partial charge in [0.2, 0.25) is 10.0 Å². The van der Waals surface area contributed by atoms with Gasteiger partial charge in [-0.3, -0.25) is 9.59 Å². The van der Waals surface area contributed by atoms with Crippen LogP contribution in [0.1, 0.15) is 44.0 Å². The number of carbonyl (C=O) groups excluding carboxylic acids is 1. The molecule has 0 fully saturated rings. The van der Waals surface area contributed by atoms with Crippen LogP contribution in [0, 0.1) is 0 Å². The average molecular weight is 313 g/mol. The molecule has 0 bridgehead atoms. The first-order valence-electron chi connectivity index (χ1n) is 6.51. The fraction of sp³-hybridized carbons (Fsp3) is 0.429. The van der Waals surface area contributed by atoms with Crippen molar-refractivity contribution in [3.05, 3.63) is 29.8 Å². The van der Waals surface area contributed by atoms with Gasteiger partial charge in [-0.2, -0.15) is 4.72 Å². The van der Waals surface area contributed by atoms with Crippen LogP contribution < -0.4 is 4.72 Å². The number of nitrogens with one attached hydrogen (secondary N) is 1. The average Bonchev–Trinajstić information content (AvgIpc) is 2.38. The van der Waals surface area contributed by atoms with Crippen LogP contribution >= 0.6 is 0 Å². The Kier molecular flexibility index (Phi) is 5.25. The minimum absolute atomic E-state index is 0.0731. The van der Waals surface area contributed by atoms with Crippen LogP contribution in [0.25, 0.3) is 0 Å². The molecular weight excluding hydrogens is 294 g/mol. The molecule has 7 heteroatoms. The molecule has 0 amide bonds. The fourth-order valence-corrected chi connectivity index (χ4v) is 3.32. The molecule has 0 saturated heterocycles. The lowest BCUT2D eigenvalue weighted by Gasteiger charge is -2.25. The molecule has 0 aliphatic heterocycles. The molecule has 0 aliphatic carbocycles. The number of aliphatic carboxylic acids is 1. The number of carboxylic acid groups (broad SMARTS) is 1. The van der Waals surface area contributed by atoms with E-state index in [1.54, 1.807) is 6.92 Å². The summed E-state index contributed by atoms with van der Waals surface area (Å²) in [6.45, 7) is 4.49. The number of hydrogen-bond donors (Lipinski definition) is 2. The number of carbonyl (C=O) groups is 2. The first-order chi connectivity index (χ1) is 9.62. The molecule has 1 rings (SSSR count). The third-order valence-electron chi connectivity index (χ3n) is 3.15. The Morgan fingerprint density at radius 2 is 1.76 bits per heavy atom. The van der Waals surface area contributed by atoms with Gasteiger partial charge >= 0.3 is 5.97 Å². The highest BCUT2D eigenvalue weighted by Gasteiger charge is 2.37. The zero-order valence-corrected chi connectivity index (χ0v) is 13.0. The highest BCUT2D eigenvalue weighted by molar-refractivity contribution is 7.89. The van der Waals surface area contributed by atoms with E-state index in [-0.39, 0.29) is 17.1 Å². The smallest absolute Gasteiger partial charge is 0.324 e. The quantitative estimate of drug-likeness (QED) is 0.748. The maximum absolute atomic E-state index is 12.2. The summed E-state index contributed by atoms with van der Waals surface area (Å²) >= 11 is 0. The van der Waals surface area contributed by atoms with Crippen molar-refractivity contribution in [2.75, 3.05) is 0 Å². The van der Waals surface area contributed by atoms with E-state index in [4.69, 9.17) is 0 Å². The van der Waals surface area contributed by atoms with Crippen molar-refractivity contribution in [1.29, 1.82) is 0 Å². The van der Waals surface area contributed by atoms with Crippen LogP contribution in [0.3, 0.4) is 0 Å². The molecule has 0 spiro atoms. The Balaban J connectivity index is 3.10. The molecule has 0 saturated carbocycles. The summed E-state index contributed by atoms with van der Waals surface area (Å²) in [6, 6.07) is 5.37. The predicted octanol–water partition coefficient (Wildman–Crippen LogP) is 1.81. The molecule has 0 radical (unpaired) electrons. The van der Waals surface area contributed by atoms with Gasteiger partial charge in [-0.1, -0.05) is 25.5 Å². The second kappa shape index (κ2) is 6.36. The van der Waals surface area contributed by atoms with E-state index in [1.807, 2.05) is 0 Å². The summed E-state index contributed by atoms with van der Waals surface area (Å²) in [5, 5.41) is 9.22. The number of sulfonamides is 1. The highest BCUT2D eigenvalue weighted by atomic mass is 32.2. The lowest BCUT2D eigenvalue weighted by atomic mass is 9.98. The zero-order valence-electron chi connectivity index (χ0n) is 12.2. The second-order valence-electron chi connectivity index (χ2n) is 5.07. The first kappa shape index (κ1) is 17.3. The summed E-state index contributed by atoms with van der Waals surface area (Å²) in [6.07, 6.45) is 0.696. The van der Waals surface area contributed by atoms with Gasteiger partial charge in [0.05, 0.1) is 4.90 Å². The molecule has 2 N–H and O–H groups in total. The molecule has 1 atom stereocenters. The maximum Gasteiger partial charge on any atom is 0.324 e. The van der Waals surface area contributed by atoms with Crippen LogP contribution in [0.4, 0.5) is 0 Å². The number of hydrogen-bond acceptors (Lipinski definition) is 4. The van der Waals surface area contributed by atoms with Crippen LogP contribution in [0.2, 0.25) is 0 Å². The Morgan fingerprint density at radius 1 is 1.24 bits per heavy atom. The molecule has 0 heterocycles. The summed E-state index contributed by atoms with van der Waals surface area (Å²) in [5.41, 5.74) is -1.17. The minimum Gasteiger partial charge on any atom is -0.480 e.